The smallest absolute Gasteiger partial charge is 0.407 e. The maximum Gasteiger partial charge on any atom is 0.407 e. The minimum absolute atomic E-state index is 0.00508. The minimum Gasteiger partial charge on any atom is -0.480 e. The van der Waals surface area contributed by atoms with Gasteiger partial charge in [-0.2, -0.15) is 0 Å². The van der Waals surface area contributed by atoms with Crippen molar-refractivity contribution in [2.75, 3.05) is 20.2 Å². The van der Waals surface area contributed by atoms with Crippen LogP contribution < -0.4 is 5.32 Å². The van der Waals surface area contributed by atoms with Gasteiger partial charge in [0.2, 0.25) is 5.91 Å². The van der Waals surface area contributed by atoms with Crippen LogP contribution in [0.25, 0.3) is 11.1 Å². The number of hydrogen-bond donors (Lipinski definition) is 2. The Morgan fingerprint density at radius 2 is 1.63 bits per heavy atom. The SMILES string of the molecule is CN(C(=O)[C@H]1C[C@H]1CNC(=O)OCC1c2ccccc2-c2ccccc21)C(CC(C)(C)C)C(=O)O. The first kappa shape index (κ1) is 24.8. The van der Waals surface area contributed by atoms with Crippen LogP contribution in [0.2, 0.25) is 0 Å². The van der Waals surface area contributed by atoms with Crippen molar-refractivity contribution in [2.24, 2.45) is 17.3 Å². The van der Waals surface area contributed by atoms with Crippen LogP contribution in [0, 0.1) is 17.3 Å². The van der Waals surface area contributed by atoms with Crippen molar-refractivity contribution in [2.45, 2.75) is 45.6 Å². The molecule has 2 aliphatic carbocycles. The van der Waals surface area contributed by atoms with E-state index >= 15 is 0 Å². The van der Waals surface area contributed by atoms with Gasteiger partial charge in [-0.3, -0.25) is 4.79 Å². The van der Waals surface area contributed by atoms with Gasteiger partial charge in [-0.1, -0.05) is 69.3 Å². The maximum absolute atomic E-state index is 12.8. The lowest BCUT2D eigenvalue weighted by Gasteiger charge is -2.30. The maximum atomic E-state index is 12.8. The lowest BCUT2D eigenvalue weighted by atomic mass is 9.87. The zero-order chi connectivity index (χ0) is 25.3. The molecule has 2 aromatic rings. The van der Waals surface area contributed by atoms with Crippen molar-refractivity contribution in [3.05, 3.63) is 59.7 Å². The summed E-state index contributed by atoms with van der Waals surface area (Å²) in [6.45, 7) is 6.44. The Balaban J connectivity index is 1.27. The Hall–Kier alpha value is -3.35. The number of benzene rings is 2. The molecule has 7 heteroatoms. The molecule has 0 bridgehead atoms. The molecule has 0 aromatic heterocycles. The summed E-state index contributed by atoms with van der Waals surface area (Å²) in [6.07, 6.45) is 0.503. The molecule has 7 nitrogen and oxygen atoms in total. The van der Waals surface area contributed by atoms with E-state index in [1.54, 1.807) is 7.05 Å². The quantitative estimate of drug-likeness (QED) is 0.582. The summed E-state index contributed by atoms with van der Waals surface area (Å²) in [4.78, 5) is 38.3. The standard InChI is InChI=1S/C28H34N2O5/c1-28(2,3)14-24(26(32)33)30(4)25(31)22-13-17(22)15-29-27(34)35-16-23-20-11-7-5-9-18(20)19-10-6-8-12-21(19)23/h5-12,17,22-24H,13-16H2,1-4H3,(H,29,34)(H,32,33)/t17-,22-,24?/m0/s1. The summed E-state index contributed by atoms with van der Waals surface area (Å²) in [5.74, 6) is -1.45. The summed E-state index contributed by atoms with van der Waals surface area (Å²) in [6, 6.07) is 15.5. The van der Waals surface area contributed by atoms with E-state index in [1.165, 1.54) is 16.0 Å². The Labute approximate surface area is 206 Å². The Morgan fingerprint density at radius 3 is 2.17 bits per heavy atom. The van der Waals surface area contributed by atoms with Gasteiger partial charge in [0.15, 0.2) is 0 Å². The predicted molar refractivity (Wildman–Crippen MR) is 133 cm³/mol. The fourth-order valence-electron chi connectivity index (χ4n) is 5.02. The van der Waals surface area contributed by atoms with Crippen LogP contribution in [0.1, 0.15) is 50.7 Å². The van der Waals surface area contributed by atoms with Crippen LogP contribution in [-0.4, -0.2) is 54.2 Å². The second-order valence-corrected chi connectivity index (χ2v) is 10.9. The summed E-state index contributed by atoms with van der Waals surface area (Å²) >= 11 is 0. The predicted octanol–water partition coefficient (Wildman–Crippen LogP) is 4.51. The largest absolute Gasteiger partial charge is 0.480 e. The highest BCUT2D eigenvalue weighted by atomic mass is 16.5. The third kappa shape index (κ3) is 5.50. The third-order valence-electron chi connectivity index (χ3n) is 7.00. The average Bonchev–Trinajstić information content (AvgIpc) is 3.53. The van der Waals surface area contributed by atoms with Gasteiger partial charge in [0, 0.05) is 25.4 Å². The molecule has 4 rings (SSSR count). The Bertz CT molecular complexity index is 1080. The molecule has 2 aliphatic rings. The molecule has 1 fully saturated rings. The van der Waals surface area contributed by atoms with Gasteiger partial charge in [-0.05, 0) is 46.4 Å². The van der Waals surface area contributed by atoms with Crippen LogP contribution in [-0.2, 0) is 14.3 Å². The number of nitrogens with one attached hydrogen (secondary N) is 1. The van der Waals surface area contributed by atoms with E-state index in [-0.39, 0.29) is 35.7 Å². The summed E-state index contributed by atoms with van der Waals surface area (Å²) in [7, 11) is 1.56. The molecule has 2 aromatic carbocycles. The van der Waals surface area contributed by atoms with Crippen molar-refractivity contribution in [3.63, 3.8) is 0 Å². The van der Waals surface area contributed by atoms with E-state index in [9.17, 15) is 19.5 Å². The second kappa shape index (κ2) is 9.72. The highest BCUT2D eigenvalue weighted by molar-refractivity contribution is 5.86. The monoisotopic (exact) mass is 478 g/mol. The van der Waals surface area contributed by atoms with Crippen LogP contribution in [0.3, 0.4) is 0 Å². The summed E-state index contributed by atoms with van der Waals surface area (Å²) in [5.41, 5.74) is 4.44. The van der Waals surface area contributed by atoms with Crippen molar-refractivity contribution < 1.29 is 24.2 Å². The van der Waals surface area contributed by atoms with Gasteiger partial charge < -0.3 is 20.1 Å². The lowest BCUT2D eigenvalue weighted by Crippen LogP contribution is -2.45. The fourth-order valence-corrected chi connectivity index (χ4v) is 5.02. The van der Waals surface area contributed by atoms with Gasteiger partial charge in [0.1, 0.15) is 12.6 Å². The first-order valence-electron chi connectivity index (χ1n) is 12.1. The lowest BCUT2D eigenvalue weighted by molar-refractivity contribution is -0.150. The number of carbonyl (C=O) groups excluding carboxylic acids is 2. The molecule has 0 radical (unpaired) electrons. The van der Waals surface area contributed by atoms with E-state index in [0.717, 1.165) is 11.1 Å². The summed E-state index contributed by atoms with van der Waals surface area (Å²) in [5, 5.41) is 12.4. The second-order valence-electron chi connectivity index (χ2n) is 10.9. The zero-order valence-electron chi connectivity index (χ0n) is 20.8. The number of likely N-dealkylation sites (N-methyl/N-ethyl adjacent to an activating group) is 1. The molecule has 0 saturated heterocycles. The minimum atomic E-state index is -0.996. The third-order valence-corrected chi connectivity index (χ3v) is 7.00. The number of alkyl carbamates (subject to hydrolysis) is 1. The van der Waals surface area contributed by atoms with E-state index in [0.29, 0.717) is 19.4 Å². The first-order valence-corrected chi connectivity index (χ1v) is 12.1. The van der Waals surface area contributed by atoms with Crippen LogP contribution >= 0.6 is 0 Å². The van der Waals surface area contributed by atoms with E-state index in [1.807, 2.05) is 45.0 Å². The van der Waals surface area contributed by atoms with Crippen LogP contribution in [0.15, 0.2) is 48.5 Å². The van der Waals surface area contributed by atoms with E-state index in [2.05, 4.69) is 29.6 Å². The Morgan fingerprint density at radius 1 is 1.06 bits per heavy atom. The first-order chi connectivity index (χ1) is 16.6. The number of amides is 2. The van der Waals surface area contributed by atoms with Gasteiger partial charge in [0.25, 0.3) is 0 Å². The molecule has 1 unspecified atom stereocenters. The van der Waals surface area contributed by atoms with Crippen LogP contribution in [0.4, 0.5) is 4.79 Å². The molecule has 3 atom stereocenters. The number of hydrogen-bond acceptors (Lipinski definition) is 4. The number of carboxylic acids is 1. The number of nitrogens with zero attached hydrogens (tertiary/aromatic N) is 1. The molecule has 0 heterocycles. The van der Waals surface area contributed by atoms with Crippen molar-refractivity contribution in [1.82, 2.24) is 10.2 Å². The molecule has 0 aliphatic heterocycles. The Kier molecular flexibility index (Phi) is 6.88. The number of aliphatic carboxylic acids is 1. The van der Waals surface area contributed by atoms with Gasteiger partial charge in [-0.15, -0.1) is 0 Å². The molecule has 35 heavy (non-hydrogen) atoms. The zero-order valence-corrected chi connectivity index (χ0v) is 20.8. The number of rotatable bonds is 8. The molecular formula is C28H34N2O5. The summed E-state index contributed by atoms with van der Waals surface area (Å²) < 4.78 is 5.56. The molecule has 0 spiro atoms. The number of fused-ring (bicyclic) bond motifs is 3. The topological polar surface area (TPSA) is 95.9 Å². The number of carbonyl (C=O) groups is 3. The molecule has 2 N–H and O–H groups in total. The highest BCUT2D eigenvalue weighted by Gasteiger charge is 2.46. The van der Waals surface area contributed by atoms with Crippen molar-refractivity contribution in [3.8, 4) is 11.1 Å². The molecular weight excluding hydrogens is 444 g/mol. The fraction of sp³-hybridized carbons (Fsp3) is 0.464. The molecule has 2 amide bonds. The van der Waals surface area contributed by atoms with E-state index < -0.39 is 18.1 Å². The normalized spacial score (nSPS) is 19.3. The molecule has 186 valence electrons. The van der Waals surface area contributed by atoms with Crippen molar-refractivity contribution in [1.29, 1.82) is 0 Å². The highest BCUT2D eigenvalue weighted by Crippen LogP contribution is 2.44. The van der Waals surface area contributed by atoms with E-state index in [4.69, 9.17) is 4.74 Å². The molecule has 1 saturated carbocycles. The van der Waals surface area contributed by atoms with Crippen molar-refractivity contribution >= 4 is 18.0 Å². The number of ether oxygens (including phenoxy) is 1. The van der Waals surface area contributed by atoms with Gasteiger partial charge in [0.05, 0.1) is 0 Å². The van der Waals surface area contributed by atoms with Crippen LogP contribution in [0.5, 0.6) is 0 Å². The average molecular weight is 479 g/mol. The number of carboxylic acid groups (broad SMARTS) is 1. The van der Waals surface area contributed by atoms with Gasteiger partial charge >= 0.3 is 12.1 Å². The van der Waals surface area contributed by atoms with Gasteiger partial charge in [-0.25, -0.2) is 9.59 Å².